The van der Waals surface area contributed by atoms with Crippen molar-refractivity contribution in [3.8, 4) is 17.6 Å². The summed E-state index contributed by atoms with van der Waals surface area (Å²) >= 11 is 0. The molecule has 3 nitrogen and oxygen atoms in total. The van der Waals surface area contributed by atoms with E-state index in [0.29, 0.717) is 5.75 Å². The monoisotopic (exact) mass is 331 g/mol. The van der Waals surface area contributed by atoms with Crippen LogP contribution in [0.2, 0.25) is 0 Å². The second-order valence-corrected chi connectivity index (χ2v) is 5.84. The molecule has 0 saturated carbocycles. The number of para-hydroxylation sites is 2. The summed E-state index contributed by atoms with van der Waals surface area (Å²) < 4.78 is 5.55. The highest BCUT2D eigenvalue weighted by Crippen LogP contribution is 2.29. The minimum atomic E-state index is -0.419. The first kappa shape index (κ1) is 16.9. The molecule has 3 rings (SSSR count). The normalized spacial score (nSPS) is 15.1. The number of hydrogen-bond donors (Lipinski definition) is 0. The average molecular weight is 331 g/mol. The topological polar surface area (TPSA) is 29.5 Å². The number of benzene rings is 2. The number of ether oxygens (including phenoxy) is 1. The largest absolute Gasteiger partial charge is 0.421 e. The van der Waals surface area contributed by atoms with Gasteiger partial charge in [0.1, 0.15) is 11.8 Å². The summed E-state index contributed by atoms with van der Waals surface area (Å²) in [7, 11) is 0. The average Bonchev–Trinajstić information content (AvgIpc) is 2.65. The molecule has 2 aromatic rings. The molecule has 25 heavy (non-hydrogen) atoms. The van der Waals surface area contributed by atoms with Crippen molar-refractivity contribution in [1.82, 2.24) is 0 Å². The first-order valence-electron chi connectivity index (χ1n) is 8.61. The lowest BCUT2D eigenvalue weighted by Crippen LogP contribution is -2.42. The molecule has 1 aliphatic heterocycles. The van der Waals surface area contributed by atoms with Gasteiger partial charge in [-0.15, -0.1) is 5.92 Å². The van der Waals surface area contributed by atoms with Crippen LogP contribution in [0.5, 0.6) is 5.75 Å². The molecule has 1 amide bonds. The van der Waals surface area contributed by atoms with Crippen LogP contribution in [0.1, 0.15) is 31.7 Å². The van der Waals surface area contributed by atoms with Gasteiger partial charge in [0.15, 0.2) is 0 Å². The molecule has 126 valence electrons. The van der Waals surface area contributed by atoms with Gasteiger partial charge in [0.2, 0.25) is 0 Å². The van der Waals surface area contributed by atoms with Crippen molar-refractivity contribution in [2.45, 2.75) is 32.2 Å². The van der Waals surface area contributed by atoms with Crippen LogP contribution in [0.4, 0.5) is 10.5 Å². The van der Waals surface area contributed by atoms with Crippen molar-refractivity contribution in [2.24, 2.45) is 0 Å². The first-order valence-corrected chi connectivity index (χ1v) is 8.61. The molecular weight excluding hydrogens is 310 g/mol. The summed E-state index contributed by atoms with van der Waals surface area (Å²) in [5.41, 5.74) is 1.81. The quantitative estimate of drug-likeness (QED) is 0.565. The third kappa shape index (κ3) is 4.10. The number of carbonyl (C=O) groups excluding carboxylic acids is 1. The van der Waals surface area contributed by atoms with Crippen LogP contribution in [0.15, 0.2) is 60.7 Å². The molecule has 1 heterocycles. The molecule has 1 aliphatic rings. The van der Waals surface area contributed by atoms with Crippen LogP contribution < -0.4 is 9.64 Å². The van der Waals surface area contributed by atoms with Gasteiger partial charge in [-0.1, -0.05) is 61.7 Å². The van der Waals surface area contributed by atoms with Crippen molar-refractivity contribution in [3.05, 3.63) is 66.2 Å². The molecule has 0 spiro atoms. The van der Waals surface area contributed by atoms with Crippen molar-refractivity contribution in [3.63, 3.8) is 0 Å². The summed E-state index contributed by atoms with van der Waals surface area (Å²) in [5.74, 6) is 6.91. The fourth-order valence-electron chi connectivity index (χ4n) is 2.68. The molecule has 0 aliphatic carbocycles. The molecule has 3 heteroatoms. The van der Waals surface area contributed by atoms with Gasteiger partial charge in [-0.3, -0.25) is 4.90 Å². The number of carbonyl (C=O) groups is 1. The maximum Gasteiger partial charge on any atom is 0.421 e. The number of anilines is 1. The summed E-state index contributed by atoms with van der Waals surface area (Å²) in [6.07, 6.45) is 6.56. The lowest BCUT2D eigenvalue weighted by molar-refractivity contribution is 0.207. The molecule has 0 saturated heterocycles. The van der Waals surface area contributed by atoms with Gasteiger partial charge >= 0.3 is 6.09 Å². The van der Waals surface area contributed by atoms with E-state index in [2.05, 4.69) is 18.8 Å². The molecule has 1 unspecified atom stereocenters. The summed E-state index contributed by atoms with van der Waals surface area (Å²) in [4.78, 5) is 14.5. The second kappa shape index (κ2) is 8.21. The Labute approximate surface area is 148 Å². The van der Waals surface area contributed by atoms with Crippen LogP contribution >= 0.6 is 0 Å². The van der Waals surface area contributed by atoms with Crippen LogP contribution in [-0.2, 0) is 0 Å². The van der Waals surface area contributed by atoms with Gasteiger partial charge in [-0.25, -0.2) is 4.79 Å². The number of rotatable bonds is 3. The van der Waals surface area contributed by atoms with E-state index in [4.69, 9.17) is 4.74 Å². The van der Waals surface area contributed by atoms with Crippen LogP contribution in [0, 0.1) is 11.8 Å². The van der Waals surface area contributed by atoms with Crippen molar-refractivity contribution >= 4 is 17.9 Å². The first-order chi connectivity index (χ1) is 12.3. The number of fused-ring (bicyclic) bond motifs is 1. The van der Waals surface area contributed by atoms with Gasteiger partial charge in [-0.2, -0.15) is 0 Å². The van der Waals surface area contributed by atoms with E-state index in [-0.39, 0.29) is 6.04 Å². The SMILES string of the molecule is CCCCC#CC1C=Cc2ccccc2N1C(=O)Oc1ccccc1. The van der Waals surface area contributed by atoms with Crippen LogP contribution in [0.25, 0.3) is 6.08 Å². The Morgan fingerprint density at radius 3 is 2.68 bits per heavy atom. The smallest absolute Gasteiger partial charge is 0.410 e. The highest BCUT2D eigenvalue weighted by molar-refractivity contribution is 5.95. The lowest BCUT2D eigenvalue weighted by atomic mass is 10.0. The fourth-order valence-corrected chi connectivity index (χ4v) is 2.68. The van der Waals surface area contributed by atoms with Gasteiger partial charge < -0.3 is 4.74 Å². The van der Waals surface area contributed by atoms with Crippen LogP contribution in [-0.4, -0.2) is 12.1 Å². The Hall–Kier alpha value is -2.99. The standard InChI is InChI=1S/C22H21NO2/c1-2-3-4-6-12-19-17-16-18-11-9-10-15-21(18)23(19)22(24)25-20-13-7-5-8-14-20/h5,7-11,13-17,19H,2-4H2,1H3. The van der Waals surface area contributed by atoms with Gasteiger partial charge in [0.05, 0.1) is 5.69 Å². The number of nitrogens with zero attached hydrogens (tertiary/aromatic N) is 1. The highest BCUT2D eigenvalue weighted by atomic mass is 16.6. The second-order valence-electron chi connectivity index (χ2n) is 5.84. The van der Waals surface area contributed by atoms with Gasteiger partial charge in [0, 0.05) is 6.42 Å². The Morgan fingerprint density at radius 2 is 1.88 bits per heavy atom. The zero-order valence-electron chi connectivity index (χ0n) is 14.3. The Bertz CT molecular complexity index is 815. The van der Waals surface area contributed by atoms with Crippen molar-refractivity contribution in [2.75, 3.05) is 4.90 Å². The maximum atomic E-state index is 12.8. The van der Waals surface area contributed by atoms with E-state index in [0.717, 1.165) is 30.5 Å². The molecule has 0 fully saturated rings. The predicted molar refractivity (Wildman–Crippen MR) is 102 cm³/mol. The van der Waals surface area contributed by atoms with E-state index < -0.39 is 6.09 Å². The van der Waals surface area contributed by atoms with E-state index in [1.54, 1.807) is 17.0 Å². The fraction of sp³-hybridized carbons (Fsp3) is 0.227. The molecule has 0 radical (unpaired) electrons. The Kier molecular flexibility index (Phi) is 5.53. The Balaban J connectivity index is 1.87. The number of amides is 1. The molecule has 0 aromatic heterocycles. The molecule has 0 bridgehead atoms. The summed E-state index contributed by atoms with van der Waals surface area (Å²) in [6, 6.07) is 16.6. The molecular formula is C22H21NO2. The lowest BCUT2D eigenvalue weighted by Gasteiger charge is -2.30. The third-order valence-electron chi connectivity index (χ3n) is 3.98. The summed E-state index contributed by atoms with van der Waals surface area (Å²) in [6.45, 7) is 2.14. The number of unbranched alkanes of at least 4 members (excludes halogenated alkanes) is 2. The maximum absolute atomic E-state index is 12.8. The van der Waals surface area contributed by atoms with E-state index in [9.17, 15) is 4.79 Å². The Morgan fingerprint density at radius 1 is 1.12 bits per heavy atom. The van der Waals surface area contributed by atoms with Crippen molar-refractivity contribution in [1.29, 1.82) is 0 Å². The zero-order chi connectivity index (χ0) is 17.5. The van der Waals surface area contributed by atoms with Crippen LogP contribution in [0.3, 0.4) is 0 Å². The predicted octanol–water partition coefficient (Wildman–Crippen LogP) is 5.28. The number of hydrogen-bond acceptors (Lipinski definition) is 2. The third-order valence-corrected chi connectivity index (χ3v) is 3.98. The highest BCUT2D eigenvalue weighted by Gasteiger charge is 2.28. The zero-order valence-corrected chi connectivity index (χ0v) is 14.3. The molecule has 0 N–H and O–H groups in total. The van der Waals surface area contributed by atoms with E-state index in [1.807, 2.05) is 54.6 Å². The van der Waals surface area contributed by atoms with E-state index in [1.165, 1.54) is 0 Å². The van der Waals surface area contributed by atoms with Gasteiger partial charge in [-0.05, 0) is 36.3 Å². The van der Waals surface area contributed by atoms with Gasteiger partial charge in [0.25, 0.3) is 0 Å². The van der Waals surface area contributed by atoms with E-state index >= 15 is 0 Å². The van der Waals surface area contributed by atoms with Crippen molar-refractivity contribution < 1.29 is 9.53 Å². The minimum absolute atomic E-state index is 0.317. The minimum Gasteiger partial charge on any atom is -0.410 e. The molecule has 1 atom stereocenters. The molecule has 2 aromatic carbocycles. The summed E-state index contributed by atoms with van der Waals surface area (Å²) in [5, 5.41) is 0.